The molecule has 2 N–H and O–H groups in total. The Morgan fingerprint density at radius 2 is 1.93 bits per heavy atom. The van der Waals surface area contributed by atoms with Crippen molar-refractivity contribution in [1.29, 1.82) is 0 Å². The molecule has 0 radical (unpaired) electrons. The van der Waals surface area contributed by atoms with Gasteiger partial charge in [-0.25, -0.2) is 0 Å². The van der Waals surface area contributed by atoms with E-state index in [0.29, 0.717) is 23.7 Å². The SMILES string of the molecule is COc1cc(/C=C/c2nc(O)c([N+](=O)[O-])c(=O)[nH]2)ccc1OCc1ccc(Br)cc1. The third kappa shape index (κ3) is 5.03. The fraction of sp³-hybridized carbons (Fsp3) is 0.100. The van der Waals surface area contributed by atoms with E-state index < -0.39 is 22.0 Å². The van der Waals surface area contributed by atoms with Crippen LogP contribution in [0.1, 0.15) is 17.0 Å². The van der Waals surface area contributed by atoms with E-state index in [1.807, 2.05) is 24.3 Å². The number of H-pyrrole nitrogens is 1. The molecule has 0 aliphatic carbocycles. The Labute approximate surface area is 178 Å². The van der Waals surface area contributed by atoms with Crippen LogP contribution in [0, 0.1) is 10.1 Å². The van der Waals surface area contributed by atoms with E-state index in [1.165, 1.54) is 13.2 Å². The largest absolute Gasteiger partial charge is 0.493 e. The quantitative estimate of drug-likeness (QED) is 0.393. The zero-order valence-corrected chi connectivity index (χ0v) is 17.3. The molecule has 0 atom stereocenters. The highest BCUT2D eigenvalue weighted by molar-refractivity contribution is 9.10. The molecule has 9 nitrogen and oxygen atoms in total. The van der Waals surface area contributed by atoms with Crippen LogP contribution >= 0.6 is 15.9 Å². The molecular formula is C20H16BrN3O6. The van der Waals surface area contributed by atoms with Gasteiger partial charge in [0.15, 0.2) is 11.5 Å². The molecule has 0 saturated carbocycles. The summed E-state index contributed by atoms with van der Waals surface area (Å²) in [4.78, 5) is 27.3. The first kappa shape index (κ1) is 21.1. The van der Waals surface area contributed by atoms with Crippen molar-refractivity contribution in [3.63, 3.8) is 0 Å². The monoisotopic (exact) mass is 473 g/mol. The number of benzene rings is 2. The van der Waals surface area contributed by atoms with Gasteiger partial charge in [-0.2, -0.15) is 4.98 Å². The van der Waals surface area contributed by atoms with Crippen molar-refractivity contribution in [1.82, 2.24) is 9.97 Å². The molecule has 0 saturated heterocycles. The zero-order chi connectivity index (χ0) is 21.7. The maximum atomic E-state index is 11.7. The van der Waals surface area contributed by atoms with Crippen LogP contribution in [-0.2, 0) is 6.61 Å². The van der Waals surface area contributed by atoms with E-state index in [-0.39, 0.29) is 5.82 Å². The summed E-state index contributed by atoms with van der Waals surface area (Å²) < 4.78 is 12.2. The second-order valence-corrected chi connectivity index (χ2v) is 6.95. The Balaban J connectivity index is 1.76. The number of nitrogens with zero attached hydrogens (tertiary/aromatic N) is 2. The second-order valence-electron chi connectivity index (χ2n) is 6.04. The van der Waals surface area contributed by atoms with Crippen molar-refractivity contribution < 1.29 is 19.5 Å². The summed E-state index contributed by atoms with van der Waals surface area (Å²) in [6.45, 7) is 0.367. The highest BCUT2D eigenvalue weighted by atomic mass is 79.9. The van der Waals surface area contributed by atoms with Gasteiger partial charge < -0.3 is 19.6 Å². The average molecular weight is 474 g/mol. The lowest BCUT2D eigenvalue weighted by atomic mass is 10.2. The Morgan fingerprint density at radius 1 is 1.20 bits per heavy atom. The first-order chi connectivity index (χ1) is 14.4. The summed E-state index contributed by atoms with van der Waals surface area (Å²) in [5, 5.41) is 20.3. The van der Waals surface area contributed by atoms with Gasteiger partial charge in [-0.3, -0.25) is 14.9 Å². The smallest absolute Gasteiger partial charge is 0.395 e. The summed E-state index contributed by atoms with van der Waals surface area (Å²) >= 11 is 3.39. The summed E-state index contributed by atoms with van der Waals surface area (Å²) in [6, 6.07) is 13.0. The molecule has 3 aromatic rings. The van der Waals surface area contributed by atoms with Gasteiger partial charge in [0.25, 0.3) is 5.88 Å². The van der Waals surface area contributed by atoms with Crippen LogP contribution in [0.25, 0.3) is 12.2 Å². The number of aromatic nitrogens is 2. The highest BCUT2D eigenvalue weighted by Crippen LogP contribution is 2.29. The van der Waals surface area contributed by atoms with E-state index in [4.69, 9.17) is 9.47 Å². The fourth-order valence-corrected chi connectivity index (χ4v) is 2.80. The first-order valence-corrected chi connectivity index (χ1v) is 9.37. The summed E-state index contributed by atoms with van der Waals surface area (Å²) in [5.74, 6) is 0.0784. The van der Waals surface area contributed by atoms with E-state index in [2.05, 4.69) is 25.9 Å². The van der Waals surface area contributed by atoms with Gasteiger partial charge in [-0.05, 0) is 41.5 Å². The second kappa shape index (κ2) is 9.23. The minimum Gasteiger partial charge on any atom is -0.493 e. The van der Waals surface area contributed by atoms with Gasteiger partial charge in [-0.1, -0.05) is 40.2 Å². The van der Waals surface area contributed by atoms with Crippen LogP contribution in [0.4, 0.5) is 5.69 Å². The zero-order valence-electron chi connectivity index (χ0n) is 15.7. The van der Waals surface area contributed by atoms with E-state index >= 15 is 0 Å². The van der Waals surface area contributed by atoms with Gasteiger partial charge in [0.2, 0.25) is 0 Å². The topological polar surface area (TPSA) is 128 Å². The Morgan fingerprint density at radius 3 is 2.57 bits per heavy atom. The molecule has 0 bridgehead atoms. The van der Waals surface area contributed by atoms with Crippen LogP contribution in [-0.4, -0.2) is 27.1 Å². The number of rotatable bonds is 7. The Bertz CT molecular complexity index is 1160. The Hall–Kier alpha value is -3.66. The number of aromatic hydroxyl groups is 1. The molecule has 3 rings (SSSR count). The van der Waals surface area contributed by atoms with Crippen molar-refractivity contribution in [2.75, 3.05) is 7.11 Å². The predicted octanol–water partition coefficient (Wildman–Crippen LogP) is 3.90. The molecule has 30 heavy (non-hydrogen) atoms. The number of aromatic amines is 1. The highest BCUT2D eigenvalue weighted by Gasteiger charge is 2.21. The number of hydrogen-bond donors (Lipinski definition) is 2. The molecule has 0 aliphatic heterocycles. The van der Waals surface area contributed by atoms with Gasteiger partial charge in [0.1, 0.15) is 12.4 Å². The van der Waals surface area contributed by atoms with Crippen LogP contribution in [0.5, 0.6) is 17.4 Å². The molecule has 2 aromatic carbocycles. The molecule has 1 heterocycles. The van der Waals surface area contributed by atoms with Gasteiger partial charge >= 0.3 is 11.2 Å². The molecule has 0 unspecified atom stereocenters. The standard InChI is InChI=1S/C20H16BrN3O6/c1-29-16-10-12(4-8-15(16)30-11-13-2-6-14(21)7-3-13)5-9-17-22-19(25)18(24(27)28)20(26)23-17/h2-10H,11H2,1H3,(H2,22,23,25,26)/b9-5+. The number of hydrogen-bond acceptors (Lipinski definition) is 7. The summed E-state index contributed by atoms with van der Waals surface area (Å²) in [6.07, 6.45) is 3.01. The van der Waals surface area contributed by atoms with Crippen molar-refractivity contribution in [3.8, 4) is 17.4 Å². The van der Waals surface area contributed by atoms with Crippen molar-refractivity contribution in [2.24, 2.45) is 0 Å². The van der Waals surface area contributed by atoms with Crippen LogP contribution in [0.3, 0.4) is 0 Å². The molecule has 0 fully saturated rings. The van der Waals surface area contributed by atoms with E-state index in [1.54, 1.807) is 24.3 Å². The van der Waals surface area contributed by atoms with E-state index in [9.17, 15) is 20.0 Å². The summed E-state index contributed by atoms with van der Waals surface area (Å²) in [5.41, 5.74) is -0.344. The van der Waals surface area contributed by atoms with Crippen molar-refractivity contribution in [2.45, 2.75) is 6.61 Å². The average Bonchev–Trinajstić information content (AvgIpc) is 2.71. The number of nitrogens with one attached hydrogen (secondary N) is 1. The normalized spacial score (nSPS) is 10.9. The molecule has 1 aromatic heterocycles. The Kier molecular flexibility index (Phi) is 6.48. The first-order valence-electron chi connectivity index (χ1n) is 8.58. The number of halogens is 1. The van der Waals surface area contributed by atoms with Gasteiger partial charge in [-0.15, -0.1) is 0 Å². The molecule has 10 heteroatoms. The summed E-state index contributed by atoms with van der Waals surface area (Å²) in [7, 11) is 1.52. The number of methoxy groups -OCH3 is 1. The molecule has 0 aliphatic rings. The van der Waals surface area contributed by atoms with Crippen LogP contribution in [0.2, 0.25) is 0 Å². The predicted molar refractivity (Wildman–Crippen MR) is 114 cm³/mol. The van der Waals surface area contributed by atoms with Crippen molar-refractivity contribution >= 4 is 33.8 Å². The molecule has 0 spiro atoms. The van der Waals surface area contributed by atoms with Gasteiger partial charge in [0, 0.05) is 4.47 Å². The van der Waals surface area contributed by atoms with Gasteiger partial charge in [0.05, 0.1) is 12.0 Å². The minimum atomic E-state index is -1.04. The fourth-order valence-electron chi connectivity index (χ4n) is 2.54. The van der Waals surface area contributed by atoms with E-state index in [0.717, 1.165) is 10.0 Å². The van der Waals surface area contributed by atoms with Crippen molar-refractivity contribution in [3.05, 3.63) is 84.4 Å². The lowest BCUT2D eigenvalue weighted by Crippen LogP contribution is -2.14. The molecule has 154 valence electrons. The number of ether oxygens (including phenoxy) is 2. The third-order valence-electron chi connectivity index (χ3n) is 4.01. The maximum absolute atomic E-state index is 11.7. The number of nitro groups is 1. The van der Waals surface area contributed by atoms with Crippen LogP contribution in [0.15, 0.2) is 51.7 Å². The lowest BCUT2D eigenvalue weighted by Gasteiger charge is -2.11. The molecular weight excluding hydrogens is 458 g/mol. The van der Waals surface area contributed by atoms with Crippen LogP contribution < -0.4 is 15.0 Å². The third-order valence-corrected chi connectivity index (χ3v) is 4.54. The maximum Gasteiger partial charge on any atom is 0.395 e. The lowest BCUT2D eigenvalue weighted by molar-refractivity contribution is -0.387. The minimum absolute atomic E-state index is 0.0300. The molecule has 0 amide bonds.